The third-order valence-electron chi connectivity index (χ3n) is 4.51. The number of carbonyl (C=O) groups excluding carboxylic acids is 1. The lowest BCUT2D eigenvalue weighted by atomic mass is 9.94. The molecular weight excluding hydrogens is 212 g/mol. The highest BCUT2D eigenvalue weighted by Crippen LogP contribution is 2.31. The van der Waals surface area contributed by atoms with Crippen LogP contribution in [0.3, 0.4) is 0 Å². The zero-order valence-electron chi connectivity index (χ0n) is 11.0. The zero-order chi connectivity index (χ0) is 12.1. The molecule has 17 heavy (non-hydrogen) atoms. The summed E-state index contributed by atoms with van der Waals surface area (Å²) in [6, 6.07) is 0. The highest BCUT2D eigenvalue weighted by atomic mass is 16.1. The number of carbonyl (C=O) groups is 1. The maximum atomic E-state index is 12.0. The first-order chi connectivity index (χ1) is 8.27. The Morgan fingerprint density at radius 3 is 2.65 bits per heavy atom. The quantitative estimate of drug-likeness (QED) is 0.786. The Balaban J connectivity index is 1.62. The van der Waals surface area contributed by atoms with Crippen molar-refractivity contribution in [2.75, 3.05) is 19.6 Å². The molecule has 0 spiro atoms. The first-order valence-corrected chi connectivity index (χ1v) is 7.26. The van der Waals surface area contributed by atoms with E-state index < -0.39 is 0 Å². The number of hydrogen-bond acceptors (Lipinski definition) is 2. The van der Waals surface area contributed by atoms with Crippen LogP contribution in [0.2, 0.25) is 0 Å². The van der Waals surface area contributed by atoms with Gasteiger partial charge >= 0.3 is 0 Å². The summed E-state index contributed by atoms with van der Waals surface area (Å²) in [6.45, 7) is 5.40. The van der Waals surface area contributed by atoms with Gasteiger partial charge in [-0.15, -0.1) is 0 Å². The fraction of sp³-hybridized carbons (Fsp3) is 0.929. The van der Waals surface area contributed by atoms with E-state index in [-0.39, 0.29) is 0 Å². The molecule has 2 aliphatic rings. The Morgan fingerprint density at radius 1 is 1.24 bits per heavy atom. The van der Waals surface area contributed by atoms with Gasteiger partial charge in [-0.2, -0.15) is 0 Å². The molecule has 2 N–H and O–H groups in total. The largest absolute Gasteiger partial charge is 0.356 e. The summed E-state index contributed by atoms with van der Waals surface area (Å²) < 4.78 is 0. The molecule has 2 fully saturated rings. The maximum absolute atomic E-state index is 12.0. The van der Waals surface area contributed by atoms with Crippen LogP contribution in [-0.4, -0.2) is 25.5 Å². The standard InChI is InChI=1S/C14H26N2O/c1-11-3-2-4-13(11)14(17)16-10-7-12-5-8-15-9-6-12/h11-13,15H,2-10H2,1H3,(H,16,17). The van der Waals surface area contributed by atoms with Crippen molar-refractivity contribution < 1.29 is 4.79 Å². The summed E-state index contributed by atoms with van der Waals surface area (Å²) in [4.78, 5) is 12.0. The summed E-state index contributed by atoms with van der Waals surface area (Å²) >= 11 is 0. The average Bonchev–Trinajstić information content (AvgIpc) is 2.77. The smallest absolute Gasteiger partial charge is 0.223 e. The van der Waals surface area contributed by atoms with Crippen molar-refractivity contribution in [2.45, 2.75) is 45.4 Å². The van der Waals surface area contributed by atoms with E-state index >= 15 is 0 Å². The fourth-order valence-electron chi connectivity index (χ4n) is 3.24. The van der Waals surface area contributed by atoms with E-state index in [9.17, 15) is 4.79 Å². The Bertz CT molecular complexity index is 249. The number of amides is 1. The van der Waals surface area contributed by atoms with Crippen LogP contribution in [0.25, 0.3) is 0 Å². The molecule has 3 heteroatoms. The predicted octanol–water partition coefficient (Wildman–Crippen LogP) is 1.93. The van der Waals surface area contributed by atoms with Crippen molar-refractivity contribution in [2.24, 2.45) is 17.8 Å². The van der Waals surface area contributed by atoms with Crippen LogP contribution in [0.1, 0.15) is 45.4 Å². The molecule has 2 atom stereocenters. The minimum absolute atomic E-state index is 0.294. The third kappa shape index (κ3) is 3.70. The van der Waals surface area contributed by atoms with Gasteiger partial charge in [-0.05, 0) is 57.0 Å². The Hall–Kier alpha value is -0.570. The van der Waals surface area contributed by atoms with Crippen molar-refractivity contribution in [1.29, 1.82) is 0 Å². The van der Waals surface area contributed by atoms with E-state index in [2.05, 4.69) is 17.6 Å². The molecule has 0 radical (unpaired) electrons. The molecule has 2 unspecified atom stereocenters. The van der Waals surface area contributed by atoms with Gasteiger partial charge < -0.3 is 10.6 Å². The monoisotopic (exact) mass is 238 g/mol. The molecule has 1 aliphatic carbocycles. The molecule has 1 amide bonds. The average molecular weight is 238 g/mol. The lowest BCUT2D eigenvalue weighted by Gasteiger charge is -2.23. The lowest BCUT2D eigenvalue weighted by molar-refractivity contribution is -0.125. The van der Waals surface area contributed by atoms with Crippen molar-refractivity contribution in [1.82, 2.24) is 10.6 Å². The Kier molecular flexibility index (Phi) is 4.84. The summed E-state index contributed by atoms with van der Waals surface area (Å²) in [7, 11) is 0. The SMILES string of the molecule is CC1CCCC1C(=O)NCCC1CCNCC1. The van der Waals surface area contributed by atoms with E-state index in [1.807, 2.05) is 0 Å². The first-order valence-electron chi connectivity index (χ1n) is 7.26. The molecule has 1 saturated carbocycles. The molecule has 98 valence electrons. The van der Waals surface area contributed by atoms with E-state index in [1.165, 1.54) is 25.7 Å². The molecule has 1 aliphatic heterocycles. The van der Waals surface area contributed by atoms with Crippen LogP contribution in [0, 0.1) is 17.8 Å². The van der Waals surface area contributed by atoms with Gasteiger partial charge in [0.05, 0.1) is 0 Å². The Morgan fingerprint density at radius 2 is 2.00 bits per heavy atom. The van der Waals surface area contributed by atoms with Crippen LogP contribution < -0.4 is 10.6 Å². The van der Waals surface area contributed by atoms with E-state index in [4.69, 9.17) is 0 Å². The number of nitrogens with one attached hydrogen (secondary N) is 2. The molecule has 1 saturated heterocycles. The summed E-state index contributed by atoms with van der Waals surface area (Å²) in [6.07, 6.45) is 7.26. The number of piperidine rings is 1. The van der Waals surface area contributed by atoms with Gasteiger partial charge in [0, 0.05) is 12.5 Å². The summed E-state index contributed by atoms with van der Waals surface area (Å²) in [5.74, 6) is 2.01. The summed E-state index contributed by atoms with van der Waals surface area (Å²) in [5, 5.41) is 6.52. The van der Waals surface area contributed by atoms with Crippen molar-refractivity contribution in [3.05, 3.63) is 0 Å². The van der Waals surface area contributed by atoms with Gasteiger partial charge in [0.2, 0.25) is 5.91 Å². The lowest BCUT2D eigenvalue weighted by Crippen LogP contribution is -2.35. The molecule has 0 aromatic heterocycles. The van der Waals surface area contributed by atoms with E-state index in [0.717, 1.165) is 38.4 Å². The van der Waals surface area contributed by atoms with Gasteiger partial charge in [-0.25, -0.2) is 0 Å². The van der Waals surface area contributed by atoms with Gasteiger partial charge in [0.1, 0.15) is 0 Å². The minimum Gasteiger partial charge on any atom is -0.356 e. The maximum Gasteiger partial charge on any atom is 0.223 e. The fourth-order valence-corrected chi connectivity index (χ4v) is 3.24. The predicted molar refractivity (Wildman–Crippen MR) is 69.7 cm³/mol. The summed E-state index contributed by atoms with van der Waals surface area (Å²) in [5.41, 5.74) is 0. The minimum atomic E-state index is 0.294. The molecule has 3 nitrogen and oxygen atoms in total. The molecule has 0 aromatic carbocycles. The third-order valence-corrected chi connectivity index (χ3v) is 4.51. The highest BCUT2D eigenvalue weighted by molar-refractivity contribution is 5.79. The van der Waals surface area contributed by atoms with Crippen LogP contribution in [0.15, 0.2) is 0 Å². The molecular formula is C14H26N2O. The van der Waals surface area contributed by atoms with Gasteiger partial charge in [0.15, 0.2) is 0 Å². The van der Waals surface area contributed by atoms with Crippen LogP contribution in [-0.2, 0) is 4.79 Å². The van der Waals surface area contributed by atoms with E-state index in [1.54, 1.807) is 0 Å². The molecule has 0 bridgehead atoms. The van der Waals surface area contributed by atoms with Crippen molar-refractivity contribution in [3.63, 3.8) is 0 Å². The van der Waals surface area contributed by atoms with Crippen LogP contribution in [0.4, 0.5) is 0 Å². The Labute approximate surface area is 105 Å². The number of hydrogen-bond donors (Lipinski definition) is 2. The normalized spacial score (nSPS) is 30.4. The highest BCUT2D eigenvalue weighted by Gasteiger charge is 2.29. The second-order valence-corrected chi connectivity index (χ2v) is 5.79. The second kappa shape index (κ2) is 6.39. The second-order valence-electron chi connectivity index (χ2n) is 5.79. The first kappa shape index (κ1) is 12.9. The van der Waals surface area contributed by atoms with Gasteiger partial charge in [0.25, 0.3) is 0 Å². The molecule has 2 rings (SSSR count). The van der Waals surface area contributed by atoms with Gasteiger partial charge in [-0.3, -0.25) is 4.79 Å². The topological polar surface area (TPSA) is 41.1 Å². The van der Waals surface area contributed by atoms with Gasteiger partial charge in [-0.1, -0.05) is 13.3 Å². The van der Waals surface area contributed by atoms with Crippen LogP contribution >= 0.6 is 0 Å². The number of rotatable bonds is 4. The zero-order valence-corrected chi connectivity index (χ0v) is 11.0. The van der Waals surface area contributed by atoms with Crippen LogP contribution in [0.5, 0.6) is 0 Å². The molecule has 1 heterocycles. The molecule has 0 aromatic rings. The van der Waals surface area contributed by atoms with Crippen molar-refractivity contribution >= 4 is 5.91 Å². The van der Waals surface area contributed by atoms with E-state index in [0.29, 0.717) is 17.7 Å². The van der Waals surface area contributed by atoms with Crippen molar-refractivity contribution in [3.8, 4) is 0 Å².